The van der Waals surface area contributed by atoms with Crippen LogP contribution in [0.3, 0.4) is 0 Å². The molecular weight excluding hydrogens is 204 g/mol. The molecule has 0 aliphatic rings. The van der Waals surface area contributed by atoms with E-state index in [1.165, 1.54) is 7.11 Å². The number of aromatic nitrogens is 2. The number of H-pyrrole nitrogens is 1. The van der Waals surface area contributed by atoms with Gasteiger partial charge in [0.2, 0.25) is 5.28 Å². The highest BCUT2D eigenvalue weighted by molar-refractivity contribution is 6.29. The topological polar surface area (TPSA) is 55.0 Å². The molecule has 1 aromatic heterocycles. The first-order chi connectivity index (χ1) is 6.70. The van der Waals surface area contributed by atoms with Gasteiger partial charge in [0.1, 0.15) is 0 Å². The molecule has 0 amide bonds. The molecule has 72 valence electrons. The molecule has 0 unspecified atom stereocenters. The molecule has 0 spiro atoms. The number of rotatable bonds is 1. The summed E-state index contributed by atoms with van der Waals surface area (Å²) in [6.07, 6.45) is 0. The summed E-state index contributed by atoms with van der Waals surface area (Å²) < 4.78 is 4.59. The fourth-order valence-corrected chi connectivity index (χ4v) is 1.42. The highest BCUT2D eigenvalue weighted by Gasteiger charge is 2.07. The lowest BCUT2D eigenvalue weighted by Crippen LogP contribution is -2.00. The van der Waals surface area contributed by atoms with Crippen molar-refractivity contribution in [2.24, 2.45) is 0 Å². The van der Waals surface area contributed by atoms with Gasteiger partial charge in [-0.15, -0.1) is 0 Å². The molecule has 14 heavy (non-hydrogen) atoms. The number of methoxy groups -OCH3 is 1. The summed E-state index contributed by atoms with van der Waals surface area (Å²) in [5.74, 6) is -0.377. The molecule has 0 radical (unpaired) electrons. The highest BCUT2D eigenvalue weighted by Crippen LogP contribution is 2.16. The van der Waals surface area contributed by atoms with Crippen molar-refractivity contribution in [2.75, 3.05) is 7.11 Å². The molecular formula is C9H7ClN2O2. The number of aromatic amines is 1. The first kappa shape index (κ1) is 9.02. The minimum atomic E-state index is -0.377. The monoisotopic (exact) mass is 210 g/mol. The number of hydrogen-bond acceptors (Lipinski definition) is 3. The van der Waals surface area contributed by atoms with Gasteiger partial charge in [0.05, 0.1) is 23.7 Å². The molecule has 0 fully saturated rings. The van der Waals surface area contributed by atoms with Crippen molar-refractivity contribution in [1.82, 2.24) is 9.97 Å². The third-order valence-electron chi connectivity index (χ3n) is 1.87. The summed E-state index contributed by atoms with van der Waals surface area (Å²) in [5, 5.41) is 0.307. The van der Waals surface area contributed by atoms with Crippen LogP contribution in [0, 0.1) is 0 Å². The van der Waals surface area contributed by atoms with Crippen molar-refractivity contribution in [1.29, 1.82) is 0 Å². The Labute approximate surface area is 84.9 Å². The van der Waals surface area contributed by atoms with Crippen LogP contribution in [0.1, 0.15) is 10.4 Å². The lowest BCUT2D eigenvalue weighted by Gasteiger charge is -1.97. The highest BCUT2D eigenvalue weighted by atomic mass is 35.5. The van der Waals surface area contributed by atoms with Gasteiger partial charge in [-0.05, 0) is 29.8 Å². The second-order valence-electron chi connectivity index (χ2n) is 2.75. The zero-order chi connectivity index (χ0) is 10.1. The summed E-state index contributed by atoms with van der Waals surface area (Å²) in [4.78, 5) is 18.0. The average Bonchev–Trinajstić information content (AvgIpc) is 2.55. The van der Waals surface area contributed by atoms with E-state index in [1.807, 2.05) is 0 Å². The summed E-state index contributed by atoms with van der Waals surface area (Å²) in [6.45, 7) is 0. The van der Waals surface area contributed by atoms with Gasteiger partial charge in [-0.2, -0.15) is 0 Å². The molecule has 1 heterocycles. The van der Waals surface area contributed by atoms with E-state index in [-0.39, 0.29) is 5.97 Å². The molecule has 1 aromatic carbocycles. The summed E-state index contributed by atoms with van der Waals surface area (Å²) in [5.41, 5.74) is 1.92. The normalized spacial score (nSPS) is 10.4. The maximum atomic E-state index is 11.2. The summed E-state index contributed by atoms with van der Waals surface area (Å²) in [7, 11) is 1.34. The third-order valence-corrected chi connectivity index (χ3v) is 2.05. The summed E-state index contributed by atoms with van der Waals surface area (Å²) >= 11 is 5.67. The van der Waals surface area contributed by atoms with Gasteiger partial charge in [0, 0.05) is 0 Å². The van der Waals surface area contributed by atoms with E-state index >= 15 is 0 Å². The van der Waals surface area contributed by atoms with E-state index in [1.54, 1.807) is 18.2 Å². The molecule has 2 rings (SSSR count). The maximum absolute atomic E-state index is 11.2. The molecule has 2 aromatic rings. The lowest BCUT2D eigenvalue weighted by atomic mass is 10.2. The van der Waals surface area contributed by atoms with Crippen LogP contribution in [0.15, 0.2) is 18.2 Å². The van der Waals surface area contributed by atoms with E-state index in [2.05, 4.69) is 14.7 Å². The zero-order valence-electron chi connectivity index (χ0n) is 7.37. The molecule has 4 nitrogen and oxygen atoms in total. The number of ether oxygens (including phenoxy) is 1. The number of esters is 1. The minimum Gasteiger partial charge on any atom is -0.465 e. The number of nitrogens with zero attached hydrogens (tertiary/aromatic N) is 1. The number of carbonyl (C=O) groups excluding carboxylic acids is 1. The fraction of sp³-hybridized carbons (Fsp3) is 0.111. The molecule has 0 saturated heterocycles. The van der Waals surface area contributed by atoms with E-state index in [0.29, 0.717) is 10.8 Å². The van der Waals surface area contributed by atoms with Crippen molar-refractivity contribution in [2.45, 2.75) is 0 Å². The average molecular weight is 211 g/mol. The number of nitrogens with one attached hydrogen (secondary N) is 1. The van der Waals surface area contributed by atoms with Gasteiger partial charge in [-0.1, -0.05) is 0 Å². The Morgan fingerprint density at radius 1 is 1.57 bits per heavy atom. The largest absolute Gasteiger partial charge is 0.465 e. The summed E-state index contributed by atoms with van der Waals surface area (Å²) in [6, 6.07) is 5.01. The van der Waals surface area contributed by atoms with Gasteiger partial charge < -0.3 is 9.72 Å². The van der Waals surface area contributed by atoms with Crippen LogP contribution in [0.4, 0.5) is 0 Å². The van der Waals surface area contributed by atoms with Crippen LogP contribution >= 0.6 is 11.6 Å². The number of fused-ring (bicyclic) bond motifs is 1. The molecule has 1 N–H and O–H groups in total. The third kappa shape index (κ3) is 1.44. The quantitative estimate of drug-likeness (QED) is 0.733. The van der Waals surface area contributed by atoms with Gasteiger partial charge in [0.15, 0.2) is 0 Å². The fourth-order valence-electron chi connectivity index (χ4n) is 1.22. The van der Waals surface area contributed by atoms with Crippen molar-refractivity contribution in [3.8, 4) is 0 Å². The van der Waals surface area contributed by atoms with Crippen LogP contribution < -0.4 is 0 Å². The Balaban J connectivity index is 2.55. The van der Waals surface area contributed by atoms with E-state index in [4.69, 9.17) is 11.6 Å². The van der Waals surface area contributed by atoms with Crippen LogP contribution in [0.2, 0.25) is 5.28 Å². The minimum absolute atomic E-state index is 0.307. The predicted octanol–water partition coefficient (Wildman–Crippen LogP) is 2.00. The van der Waals surface area contributed by atoms with Crippen molar-refractivity contribution in [3.63, 3.8) is 0 Å². The Hall–Kier alpha value is -1.55. The standard InChI is InChI=1S/C9H7ClN2O2/c1-14-8(13)5-2-3-6-7(4-5)12-9(10)11-6/h2-4H,1H3,(H,11,12). The van der Waals surface area contributed by atoms with Crippen LogP contribution in [0.5, 0.6) is 0 Å². The van der Waals surface area contributed by atoms with Gasteiger partial charge >= 0.3 is 5.97 Å². The Morgan fingerprint density at radius 2 is 2.36 bits per heavy atom. The number of carbonyl (C=O) groups is 1. The second kappa shape index (κ2) is 3.31. The SMILES string of the molecule is COC(=O)c1ccc2nc(Cl)[nH]c2c1. The maximum Gasteiger partial charge on any atom is 0.337 e. The van der Waals surface area contributed by atoms with Crippen LogP contribution in [0.25, 0.3) is 11.0 Å². The van der Waals surface area contributed by atoms with E-state index in [0.717, 1.165) is 11.0 Å². The van der Waals surface area contributed by atoms with E-state index in [9.17, 15) is 4.79 Å². The molecule has 0 bridgehead atoms. The molecule has 0 saturated carbocycles. The Kier molecular flexibility index (Phi) is 2.13. The smallest absolute Gasteiger partial charge is 0.337 e. The number of halogens is 1. The predicted molar refractivity (Wildman–Crippen MR) is 52.4 cm³/mol. The molecule has 0 atom stereocenters. The number of benzene rings is 1. The van der Waals surface area contributed by atoms with Crippen molar-refractivity contribution < 1.29 is 9.53 Å². The van der Waals surface area contributed by atoms with Crippen molar-refractivity contribution >= 4 is 28.6 Å². The van der Waals surface area contributed by atoms with Crippen LogP contribution in [-0.2, 0) is 4.74 Å². The van der Waals surface area contributed by atoms with Gasteiger partial charge in [-0.25, -0.2) is 9.78 Å². The molecule has 0 aliphatic heterocycles. The molecule has 5 heteroatoms. The lowest BCUT2D eigenvalue weighted by molar-refractivity contribution is 0.0601. The first-order valence-electron chi connectivity index (χ1n) is 3.94. The van der Waals surface area contributed by atoms with Gasteiger partial charge in [-0.3, -0.25) is 0 Å². The van der Waals surface area contributed by atoms with Gasteiger partial charge in [0.25, 0.3) is 0 Å². The van der Waals surface area contributed by atoms with E-state index < -0.39 is 0 Å². The first-order valence-corrected chi connectivity index (χ1v) is 4.32. The van der Waals surface area contributed by atoms with Crippen LogP contribution in [-0.4, -0.2) is 23.0 Å². The Bertz CT molecular complexity index is 493. The Morgan fingerprint density at radius 3 is 3.07 bits per heavy atom. The number of hydrogen-bond donors (Lipinski definition) is 1. The zero-order valence-corrected chi connectivity index (χ0v) is 8.13. The number of imidazole rings is 1. The van der Waals surface area contributed by atoms with Crippen molar-refractivity contribution in [3.05, 3.63) is 29.0 Å². The second-order valence-corrected chi connectivity index (χ2v) is 3.11. The molecule has 0 aliphatic carbocycles.